The minimum absolute atomic E-state index is 0.460. The standard InChI is InChI=1S/C14H19N3O/c1-11(13-3-4-13)17(7-8-18-2)14-9-12(10-15)5-6-16-14/h5-6,9,11,13H,3-4,7-8H2,1-2H3. The summed E-state index contributed by atoms with van der Waals surface area (Å²) in [7, 11) is 1.71. The molecule has 1 aliphatic rings. The summed E-state index contributed by atoms with van der Waals surface area (Å²) in [6.07, 6.45) is 4.29. The maximum absolute atomic E-state index is 8.96. The lowest BCUT2D eigenvalue weighted by atomic mass is 10.1. The second-order valence-corrected chi connectivity index (χ2v) is 4.78. The molecule has 0 aromatic carbocycles. The van der Waals surface area contributed by atoms with E-state index in [1.165, 1.54) is 12.8 Å². The van der Waals surface area contributed by atoms with Gasteiger partial charge in [-0.15, -0.1) is 0 Å². The third kappa shape index (κ3) is 2.99. The molecule has 4 heteroatoms. The van der Waals surface area contributed by atoms with Crippen LogP contribution < -0.4 is 4.90 Å². The topological polar surface area (TPSA) is 49.1 Å². The van der Waals surface area contributed by atoms with Gasteiger partial charge in [-0.2, -0.15) is 5.26 Å². The van der Waals surface area contributed by atoms with Crippen molar-refractivity contribution in [1.82, 2.24) is 4.98 Å². The molecule has 0 saturated heterocycles. The van der Waals surface area contributed by atoms with Crippen LogP contribution in [0.4, 0.5) is 5.82 Å². The third-order valence-electron chi connectivity index (χ3n) is 3.50. The molecule has 1 unspecified atom stereocenters. The maximum Gasteiger partial charge on any atom is 0.130 e. The van der Waals surface area contributed by atoms with Crippen molar-refractivity contribution in [3.05, 3.63) is 23.9 Å². The van der Waals surface area contributed by atoms with Gasteiger partial charge >= 0.3 is 0 Å². The Morgan fingerprint density at radius 2 is 2.39 bits per heavy atom. The summed E-state index contributed by atoms with van der Waals surface area (Å²) in [4.78, 5) is 6.64. The number of pyridine rings is 1. The molecule has 0 N–H and O–H groups in total. The molecule has 18 heavy (non-hydrogen) atoms. The molecule has 1 heterocycles. The summed E-state index contributed by atoms with van der Waals surface area (Å²) in [5, 5.41) is 8.96. The van der Waals surface area contributed by atoms with E-state index in [2.05, 4.69) is 22.9 Å². The molecule has 1 aromatic rings. The summed E-state index contributed by atoms with van der Waals surface area (Å²) in [5.41, 5.74) is 0.658. The summed E-state index contributed by atoms with van der Waals surface area (Å²) < 4.78 is 5.17. The number of anilines is 1. The number of aromatic nitrogens is 1. The Balaban J connectivity index is 2.18. The van der Waals surface area contributed by atoms with E-state index in [0.29, 0.717) is 18.2 Å². The Morgan fingerprint density at radius 3 is 3.00 bits per heavy atom. The Morgan fingerprint density at radius 1 is 1.61 bits per heavy atom. The number of hydrogen-bond acceptors (Lipinski definition) is 4. The van der Waals surface area contributed by atoms with E-state index in [0.717, 1.165) is 18.3 Å². The average molecular weight is 245 g/mol. The summed E-state index contributed by atoms with van der Waals surface area (Å²) >= 11 is 0. The first-order valence-corrected chi connectivity index (χ1v) is 6.38. The minimum Gasteiger partial charge on any atom is -0.383 e. The molecular weight excluding hydrogens is 226 g/mol. The van der Waals surface area contributed by atoms with Crippen LogP contribution in [0.2, 0.25) is 0 Å². The number of nitriles is 1. The largest absolute Gasteiger partial charge is 0.383 e. The number of ether oxygens (including phenoxy) is 1. The van der Waals surface area contributed by atoms with Crippen molar-refractivity contribution in [2.75, 3.05) is 25.2 Å². The lowest BCUT2D eigenvalue weighted by molar-refractivity contribution is 0.202. The van der Waals surface area contributed by atoms with Crippen molar-refractivity contribution in [3.63, 3.8) is 0 Å². The molecule has 0 amide bonds. The van der Waals surface area contributed by atoms with E-state index in [1.807, 2.05) is 6.07 Å². The van der Waals surface area contributed by atoms with Crippen molar-refractivity contribution < 1.29 is 4.74 Å². The van der Waals surface area contributed by atoms with Crippen LogP contribution in [0.3, 0.4) is 0 Å². The summed E-state index contributed by atoms with van der Waals surface area (Å²) in [5.74, 6) is 1.64. The van der Waals surface area contributed by atoms with E-state index in [9.17, 15) is 0 Å². The van der Waals surface area contributed by atoms with Gasteiger partial charge in [0.2, 0.25) is 0 Å². The van der Waals surface area contributed by atoms with Gasteiger partial charge < -0.3 is 9.64 Å². The molecule has 1 fully saturated rings. The van der Waals surface area contributed by atoms with Crippen molar-refractivity contribution in [2.24, 2.45) is 5.92 Å². The van der Waals surface area contributed by atoms with Gasteiger partial charge in [-0.25, -0.2) is 4.98 Å². The van der Waals surface area contributed by atoms with Crippen molar-refractivity contribution in [2.45, 2.75) is 25.8 Å². The van der Waals surface area contributed by atoms with E-state index in [1.54, 1.807) is 19.4 Å². The second kappa shape index (κ2) is 5.83. The molecule has 1 aromatic heterocycles. The Kier molecular flexibility index (Phi) is 4.16. The Bertz CT molecular complexity index is 437. The zero-order valence-corrected chi connectivity index (χ0v) is 11.0. The summed E-state index contributed by atoms with van der Waals surface area (Å²) in [6.45, 7) is 3.72. The molecule has 0 radical (unpaired) electrons. The van der Waals surface area contributed by atoms with Crippen LogP contribution >= 0.6 is 0 Å². The molecular formula is C14H19N3O. The first-order chi connectivity index (χ1) is 8.76. The maximum atomic E-state index is 8.96. The monoisotopic (exact) mass is 245 g/mol. The van der Waals surface area contributed by atoms with Crippen molar-refractivity contribution in [1.29, 1.82) is 5.26 Å². The van der Waals surface area contributed by atoms with Crippen molar-refractivity contribution in [3.8, 4) is 6.07 Å². The van der Waals surface area contributed by atoms with Gasteiger partial charge in [-0.3, -0.25) is 0 Å². The molecule has 0 aliphatic heterocycles. The SMILES string of the molecule is COCCN(c1cc(C#N)ccn1)C(C)C1CC1. The average Bonchev–Trinajstić information content (AvgIpc) is 3.23. The fraction of sp³-hybridized carbons (Fsp3) is 0.571. The predicted octanol–water partition coefficient (Wildman–Crippen LogP) is 2.20. The van der Waals surface area contributed by atoms with Crippen LogP contribution in [-0.4, -0.2) is 31.3 Å². The number of nitrogens with zero attached hydrogens (tertiary/aromatic N) is 3. The van der Waals surface area contributed by atoms with E-state index in [4.69, 9.17) is 10.00 Å². The smallest absolute Gasteiger partial charge is 0.130 e. The van der Waals surface area contributed by atoms with Crippen LogP contribution in [0, 0.1) is 17.2 Å². The van der Waals surface area contributed by atoms with Gasteiger partial charge in [-0.1, -0.05) is 0 Å². The molecule has 1 saturated carbocycles. The predicted molar refractivity (Wildman–Crippen MR) is 70.4 cm³/mol. The number of rotatable bonds is 6. The molecule has 4 nitrogen and oxygen atoms in total. The highest BCUT2D eigenvalue weighted by molar-refractivity contribution is 5.46. The molecule has 96 valence electrons. The molecule has 2 rings (SSSR count). The molecule has 0 bridgehead atoms. The lowest BCUT2D eigenvalue weighted by Gasteiger charge is -2.30. The van der Waals surface area contributed by atoms with Gasteiger partial charge in [0.05, 0.1) is 18.2 Å². The van der Waals surface area contributed by atoms with Gasteiger partial charge in [-0.05, 0) is 37.8 Å². The molecule has 0 spiro atoms. The van der Waals surface area contributed by atoms with Crippen LogP contribution in [0.1, 0.15) is 25.3 Å². The van der Waals surface area contributed by atoms with Gasteiger partial charge in [0.25, 0.3) is 0 Å². The van der Waals surface area contributed by atoms with Crippen LogP contribution in [0.25, 0.3) is 0 Å². The Labute approximate surface area is 108 Å². The first kappa shape index (κ1) is 12.8. The van der Waals surface area contributed by atoms with Crippen LogP contribution in [0.15, 0.2) is 18.3 Å². The van der Waals surface area contributed by atoms with Gasteiger partial charge in [0.1, 0.15) is 5.82 Å². The van der Waals surface area contributed by atoms with E-state index in [-0.39, 0.29) is 0 Å². The highest BCUT2D eigenvalue weighted by atomic mass is 16.5. The highest BCUT2D eigenvalue weighted by Crippen LogP contribution is 2.36. The second-order valence-electron chi connectivity index (χ2n) is 4.78. The minimum atomic E-state index is 0.460. The zero-order valence-electron chi connectivity index (χ0n) is 11.0. The fourth-order valence-electron chi connectivity index (χ4n) is 2.19. The Hall–Kier alpha value is -1.60. The zero-order chi connectivity index (χ0) is 13.0. The lowest BCUT2D eigenvalue weighted by Crippen LogP contribution is -2.37. The quantitative estimate of drug-likeness (QED) is 0.771. The molecule has 1 aliphatic carbocycles. The normalized spacial score (nSPS) is 16.1. The first-order valence-electron chi connectivity index (χ1n) is 6.38. The van der Waals surface area contributed by atoms with Gasteiger partial charge in [0.15, 0.2) is 0 Å². The number of methoxy groups -OCH3 is 1. The van der Waals surface area contributed by atoms with Crippen molar-refractivity contribution >= 4 is 5.82 Å². The third-order valence-corrected chi connectivity index (χ3v) is 3.50. The van der Waals surface area contributed by atoms with Crippen LogP contribution in [0.5, 0.6) is 0 Å². The highest BCUT2D eigenvalue weighted by Gasteiger charge is 2.32. The summed E-state index contributed by atoms with van der Waals surface area (Å²) in [6, 6.07) is 6.22. The van der Waals surface area contributed by atoms with Crippen LogP contribution in [-0.2, 0) is 4.74 Å². The fourth-order valence-corrected chi connectivity index (χ4v) is 2.19. The number of hydrogen-bond donors (Lipinski definition) is 0. The van der Waals surface area contributed by atoms with Gasteiger partial charge in [0, 0.05) is 25.9 Å². The van der Waals surface area contributed by atoms with E-state index >= 15 is 0 Å². The molecule has 1 atom stereocenters. The van der Waals surface area contributed by atoms with E-state index < -0.39 is 0 Å².